The van der Waals surface area contributed by atoms with Crippen molar-refractivity contribution in [2.45, 2.75) is 52.7 Å². The Morgan fingerprint density at radius 3 is 2.94 bits per heavy atom. The Bertz CT molecular complexity index is 370. The van der Waals surface area contributed by atoms with Gasteiger partial charge in [-0.05, 0) is 31.7 Å². The van der Waals surface area contributed by atoms with E-state index in [1.165, 1.54) is 22.0 Å². The molecule has 0 amide bonds. The summed E-state index contributed by atoms with van der Waals surface area (Å²) >= 11 is 1.83. The van der Waals surface area contributed by atoms with Crippen molar-refractivity contribution in [1.29, 1.82) is 0 Å². The second-order valence-electron chi connectivity index (χ2n) is 5.30. The van der Waals surface area contributed by atoms with Gasteiger partial charge in [0.05, 0.1) is 5.69 Å². The van der Waals surface area contributed by atoms with Crippen LogP contribution in [0.5, 0.6) is 0 Å². The number of aryl methyl sites for hydroxylation is 1. The second-order valence-corrected chi connectivity index (χ2v) is 6.42. The average molecular weight is 268 g/mol. The molecule has 0 spiro atoms. The van der Waals surface area contributed by atoms with Gasteiger partial charge in [0.15, 0.2) is 0 Å². The van der Waals surface area contributed by atoms with Crippen molar-refractivity contribution < 1.29 is 4.74 Å². The monoisotopic (exact) mass is 268 g/mol. The lowest BCUT2D eigenvalue weighted by Crippen LogP contribution is -2.18. The first-order valence-corrected chi connectivity index (χ1v) is 7.83. The molecule has 1 unspecified atom stereocenters. The summed E-state index contributed by atoms with van der Waals surface area (Å²) in [5.41, 5.74) is 1.25. The zero-order chi connectivity index (χ0) is 13.0. The summed E-state index contributed by atoms with van der Waals surface area (Å²) in [7, 11) is 0. The molecule has 0 saturated carbocycles. The molecule has 1 saturated heterocycles. The first kappa shape index (κ1) is 14.0. The summed E-state index contributed by atoms with van der Waals surface area (Å²) in [5.74, 6) is 0.695. The third-order valence-electron chi connectivity index (χ3n) is 3.17. The van der Waals surface area contributed by atoms with Gasteiger partial charge in [-0.1, -0.05) is 20.8 Å². The average Bonchev–Trinajstić information content (AvgIpc) is 2.96. The summed E-state index contributed by atoms with van der Waals surface area (Å²) in [6.45, 7) is 9.56. The third-order valence-corrected chi connectivity index (χ3v) is 4.36. The number of rotatable bonds is 6. The Hall–Kier alpha value is -0.450. The molecular formula is C14H24N2OS. The Morgan fingerprint density at radius 1 is 1.50 bits per heavy atom. The fourth-order valence-corrected chi connectivity index (χ4v) is 3.41. The fraction of sp³-hybridized carbons (Fsp3) is 0.786. The van der Waals surface area contributed by atoms with Gasteiger partial charge in [0.2, 0.25) is 0 Å². The molecule has 18 heavy (non-hydrogen) atoms. The van der Waals surface area contributed by atoms with Gasteiger partial charge in [-0.15, -0.1) is 11.3 Å². The molecular weight excluding hydrogens is 244 g/mol. The summed E-state index contributed by atoms with van der Waals surface area (Å²) in [5, 5.41) is 4.70. The molecule has 1 atom stereocenters. The maximum Gasteiger partial charge on any atom is 0.122 e. The van der Waals surface area contributed by atoms with Crippen LogP contribution in [0, 0.1) is 5.92 Å². The second kappa shape index (κ2) is 6.64. The molecule has 1 N–H and O–H groups in total. The molecule has 0 radical (unpaired) electrons. The van der Waals surface area contributed by atoms with Crippen molar-refractivity contribution >= 4 is 11.3 Å². The Morgan fingerprint density at radius 2 is 2.33 bits per heavy atom. The largest absolute Gasteiger partial charge is 0.371 e. The number of ether oxygens (including phenoxy) is 1. The minimum Gasteiger partial charge on any atom is -0.371 e. The van der Waals surface area contributed by atoms with Crippen LogP contribution in [0.25, 0.3) is 0 Å². The van der Waals surface area contributed by atoms with Crippen LogP contribution in [-0.2, 0) is 17.7 Å². The van der Waals surface area contributed by atoms with E-state index in [2.05, 4.69) is 26.1 Å². The van der Waals surface area contributed by atoms with Gasteiger partial charge in [-0.3, -0.25) is 0 Å². The lowest BCUT2D eigenvalue weighted by molar-refractivity contribution is 0.111. The normalized spacial score (nSPS) is 19.9. The quantitative estimate of drug-likeness (QED) is 0.859. The van der Waals surface area contributed by atoms with Gasteiger partial charge in [-0.2, -0.15) is 0 Å². The molecule has 3 nitrogen and oxygen atoms in total. The maximum atomic E-state index is 5.72. The Kier molecular flexibility index (Phi) is 5.15. The van der Waals surface area contributed by atoms with Crippen LogP contribution in [0.1, 0.15) is 55.3 Å². The minimum absolute atomic E-state index is 0.263. The highest BCUT2D eigenvalue weighted by atomic mass is 32.1. The van der Waals surface area contributed by atoms with Crippen LogP contribution >= 0.6 is 11.3 Å². The first-order chi connectivity index (χ1) is 8.70. The highest BCUT2D eigenvalue weighted by molar-refractivity contribution is 7.11. The highest BCUT2D eigenvalue weighted by Gasteiger charge is 2.22. The molecule has 4 heteroatoms. The Labute approximate surface area is 114 Å². The molecule has 0 bridgehead atoms. The molecule has 2 heterocycles. The molecule has 1 aliphatic rings. The fourth-order valence-electron chi connectivity index (χ4n) is 2.20. The van der Waals surface area contributed by atoms with E-state index in [1.54, 1.807) is 0 Å². The zero-order valence-corrected chi connectivity index (χ0v) is 12.5. The van der Waals surface area contributed by atoms with Crippen molar-refractivity contribution in [3.63, 3.8) is 0 Å². The van der Waals surface area contributed by atoms with Gasteiger partial charge in [-0.25, -0.2) is 4.98 Å². The van der Waals surface area contributed by atoms with Crippen molar-refractivity contribution in [1.82, 2.24) is 10.3 Å². The number of nitrogens with zero attached hydrogens (tertiary/aromatic N) is 1. The molecule has 1 aromatic heterocycles. The van der Waals surface area contributed by atoms with E-state index in [4.69, 9.17) is 9.72 Å². The van der Waals surface area contributed by atoms with Crippen LogP contribution in [-0.4, -0.2) is 18.1 Å². The molecule has 1 aliphatic heterocycles. The number of hydrogen-bond acceptors (Lipinski definition) is 4. The van der Waals surface area contributed by atoms with E-state index < -0.39 is 0 Å². The number of aromatic nitrogens is 1. The lowest BCUT2D eigenvalue weighted by atomic mass is 10.2. The first-order valence-electron chi connectivity index (χ1n) is 7.01. The molecule has 102 valence electrons. The van der Waals surface area contributed by atoms with Crippen LogP contribution in [0.2, 0.25) is 0 Å². The van der Waals surface area contributed by atoms with Gasteiger partial charge < -0.3 is 10.1 Å². The van der Waals surface area contributed by atoms with Gasteiger partial charge in [0, 0.05) is 18.0 Å². The van der Waals surface area contributed by atoms with E-state index in [-0.39, 0.29) is 6.10 Å². The van der Waals surface area contributed by atoms with Crippen molar-refractivity contribution in [3.8, 4) is 0 Å². The third kappa shape index (κ3) is 3.53. The standard InChI is InChI=1S/C14H24N2OS/c1-4-11-13(9-15-8-10(2)3)18-14(16-11)12-6-5-7-17-12/h10,12,15H,4-9H2,1-3H3. The zero-order valence-electron chi connectivity index (χ0n) is 11.7. The molecule has 2 rings (SSSR count). The SMILES string of the molecule is CCc1nc(C2CCCO2)sc1CNCC(C)C. The van der Waals surface area contributed by atoms with Crippen LogP contribution in [0.15, 0.2) is 0 Å². The van der Waals surface area contributed by atoms with Gasteiger partial charge in [0.1, 0.15) is 11.1 Å². The van der Waals surface area contributed by atoms with Crippen molar-refractivity contribution in [2.24, 2.45) is 5.92 Å². The Balaban J connectivity index is 1.99. The van der Waals surface area contributed by atoms with E-state index in [1.807, 2.05) is 11.3 Å². The van der Waals surface area contributed by atoms with Crippen LogP contribution < -0.4 is 5.32 Å². The van der Waals surface area contributed by atoms with E-state index in [0.29, 0.717) is 5.92 Å². The van der Waals surface area contributed by atoms with Crippen LogP contribution in [0.3, 0.4) is 0 Å². The van der Waals surface area contributed by atoms with Crippen molar-refractivity contribution in [3.05, 3.63) is 15.6 Å². The number of hydrogen-bond donors (Lipinski definition) is 1. The predicted molar refractivity (Wildman–Crippen MR) is 76.0 cm³/mol. The van der Waals surface area contributed by atoms with E-state index >= 15 is 0 Å². The van der Waals surface area contributed by atoms with Crippen LogP contribution in [0.4, 0.5) is 0 Å². The van der Waals surface area contributed by atoms with Gasteiger partial charge >= 0.3 is 0 Å². The summed E-state index contributed by atoms with van der Waals surface area (Å²) < 4.78 is 5.72. The molecule has 1 aromatic rings. The summed E-state index contributed by atoms with van der Waals surface area (Å²) in [6, 6.07) is 0. The summed E-state index contributed by atoms with van der Waals surface area (Å²) in [6.07, 6.45) is 3.59. The summed E-state index contributed by atoms with van der Waals surface area (Å²) in [4.78, 5) is 6.15. The number of thiazole rings is 1. The van der Waals surface area contributed by atoms with Gasteiger partial charge in [0.25, 0.3) is 0 Å². The number of nitrogens with one attached hydrogen (secondary N) is 1. The predicted octanol–water partition coefficient (Wildman–Crippen LogP) is 3.30. The smallest absolute Gasteiger partial charge is 0.122 e. The van der Waals surface area contributed by atoms with Crippen molar-refractivity contribution in [2.75, 3.05) is 13.2 Å². The van der Waals surface area contributed by atoms with E-state index in [9.17, 15) is 0 Å². The molecule has 0 aromatic carbocycles. The molecule has 1 fully saturated rings. The lowest BCUT2D eigenvalue weighted by Gasteiger charge is -2.06. The maximum absolute atomic E-state index is 5.72. The van der Waals surface area contributed by atoms with E-state index in [0.717, 1.165) is 32.5 Å². The minimum atomic E-state index is 0.263. The molecule has 0 aliphatic carbocycles. The topological polar surface area (TPSA) is 34.1 Å². The highest BCUT2D eigenvalue weighted by Crippen LogP contribution is 2.33.